The molecule has 0 bridgehead atoms. The Morgan fingerprint density at radius 1 is 1.32 bits per heavy atom. The Hall–Kier alpha value is -1.10. The summed E-state index contributed by atoms with van der Waals surface area (Å²) in [6, 6.07) is 8.42. The van der Waals surface area contributed by atoms with Crippen molar-refractivity contribution in [3.8, 4) is 0 Å². The molecule has 0 saturated carbocycles. The number of hydrogen-bond donors (Lipinski definition) is 2. The van der Waals surface area contributed by atoms with E-state index in [-0.39, 0.29) is 0 Å². The molecule has 0 fully saturated rings. The van der Waals surface area contributed by atoms with Crippen LogP contribution in [0.5, 0.6) is 0 Å². The standard InChI is InChI=1S/C18H25NOS2/c1-5-16(21-3)12-17(20)14(2)10-11-19-13-15-8-6-7-9-18(15)22-4/h5-9,12,19-20H,1,10-11,13H2,2-4H3/b16-12+,17-14-. The van der Waals surface area contributed by atoms with E-state index in [0.717, 1.165) is 30.0 Å². The molecule has 1 aromatic rings. The predicted octanol–water partition coefficient (Wildman–Crippen LogP) is 5.15. The topological polar surface area (TPSA) is 32.3 Å². The van der Waals surface area contributed by atoms with E-state index in [1.807, 2.05) is 13.2 Å². The Morgan fingerprint density at radius 3 is 2.68 bits per heavy atom. The third-order valence-electron chi connectivity index (χ3n) is 3.34. The third kappa shape index (κ3) is 6.34. The summed E-state index contributed by atoms with van der Waals surface area (Å²) in [6.07, 6.45) is 8.42. The highest BCUT2D eigenvalue weighted by molar-refractivity contribution is 8.02. The van der Waals surface area contributed by atoms with Crippen LogP contribution in [-0.2, 0) is 6.54 Å². The Labute approximate surface area is 142 Å². The van der Waals surface area contributed by atoms with Crippen LogP contribution in [0.15, 0.2) is 64.1 Å². The van der Waals surface area contributed by atoms with Crippen molar-refractivity contribution in [2.24, 2.45) is 0 Å². The predicted molar refractivity (Wildman–Crippen MR) is 102 cm³/mol. The van der Waals surface area contributed by atoms with Crippen molar-refractivity contribution in [3.05, 3.63) is 64.8 Å². The summed E-state index contributed by atoms with van der Waals surface area (Å²) in [5.74, 6) is 0.343. The van der Waals surface area contributed by atoms with Gasteiger partial charge < -0.3 is 10.4 Å². The van der Waals surface area contributed by atoms with E-state index >= 15 is 0 Å². The molecule has 0 amide bonds. The van der Waals surface area contributed by atoms with Crippen LogP contribution in [0.25, 0.3) is 0 Å². The fourth-order valence-corrected chi connectivity index (χ4v) is 2.95. The molecular weight excluding hydrogens is 310 g/mol. The van der Waals surface area contributed by atoms with Gasteiger partial charge in [0.1, 0.15) is 5.76 Å². The zero-order valence-electron chi connectivity index (χ0n) is 13.6. The molecule has 0 spiro atoms. The molecular formula is C18H25NOS2. The monoisotopic (exact) mass is 335 g/mol. The molecule has 1 rings (SSSR count). The van der Waals surface area contributed by atoms with Crippen LogP contribution in [0.3, 0.4) is 0 Å². The van der Waals surface area contributed by atoms with Gasteiger partial charge in [-0.3, -0.25) is 0 Å². The second kappa shape index (κ2) is 10.6. The van der Waals surface area contributed by atoms with Gasteiger partial charge in [-0.1, -0.05) is 30.9 Å². The van der Waals surface area contributed by atoms with Crippen LogP contribution in [0.1, 0.15) is 18.9 Å². The molecule has 0 aliphatic heterocycles. The van der Waals surface area contributed by atoms with Crippen LogP contribution in [-0.4, -0.2) is 24.2 Å². The summed E-state index contributed by atoms with van der Waals surface area (Å²) in [6.45, 7) is 7.39. The average molecular weight is 336 g/mol. The maximum Gasteiger partial charge on any atom is 0.115 e. The zero-order chi connectivity index (χ0) is 16.4. The molecule has 0 aromatic heterocycles. The van der Waals surface area contributed by atoms with Gasteiger partial charge >= 0.3 is 0 Å². The van der Waals surface area contributed by atoms with Gasteiger partial charge in [-0.05, 0) is 55.7 Å². The van der Waals surface area contributed by atoms with Crippen molar-refractivity contribution in [3.63, 3.8) is 0 Å². The lowest BCUT2D eigenvalue weighted by Crippen LogP contribution is -2.15. The molecule has 1 aromatic carbocycles. The molecule has 120 valence electrons. The van der Waals surface area contributed by atoms with Gasteiger partial charge in [0.15, 0.2) is 0 Å². The maximum absolute atomic E-state index is 10.1. The van der Waals surface area contributed by atoms with Crippen LogP contribution < -0.4 is 5.32 Å². The minimum Gasteiger partial charge on any atom is -0.508 e. The summed E-state index contributed by atoms with van der Waals surface area (Å²) in [5.41, 5.74) is 2.30. The maximum atomic E-state index is 10.1. The summed E-state index contributed by atoms with van der Waals surface area (Å²) >= 11 is 3.34. The second-order valence-corrected chi connectivity index (χ2v) is 6.59. The number of aliphatic hydroxyl groups excluding tert-OH is 1. The molecule has 0 atom stereocenters. The van der Waals surface area contributed by atoms with E-state index in [4.69, 9.17) is 0 Å². The Balaban J connectivity index is 2.50. The van der Waals surface area contributed by atoms with Gasteiger partial charge in [0, 0.05) is 16.3 Å². The van der Waals surface area contributed by atoms with E-state index in [2.05, 4.69) is 42.4 Å². The van der Waals surface area contributed by atoms with Gasteiger partial charge in [-0.15, -0.1) is 23.5 Å². The van der Waals surface area contributed by atoms with Crippen molar-refractivity contribution < 1.29 is 5.11 Å². The highest BCUT2D eigenvalue weighted by atomic mass is 32.2. The van der Waals surface area contributed by atoms with E-state index in [0.29, 0.717) is 5.76 Å². The number of aliphatic hydroxyl groups is 1. The summed E-state index contributed by atoms with van der Waals surface area (Å²) in [5, 5.41) is 13.5. The quantitative estimate of drug-likeness (QED) is 0.283. The first-order valence-electron chi connectivity index (χ1n) is 7.21. The molecule has 0 aliphatic rings. The molecule has 0 heterocycles. The van der Waals surface area contributed by atoms with Crippen molar-refractivity contribution in [2.45, 2.75) is 24.8 Å². The molecule has 2 nitrogen and oxygen atoms in total. The zero-order valence-corrected chi connectivity index (χ0v) is 15.2. The summed E-state index contributed by atoms with van der Waals surface area (Å²) in [4.78, 5) is 2.28. The molecule has 0 radical (unpaired) electrons. The number of hydrogen-bond acceptors (Lipinski definition) is 4. The van der Waals surface area contributed by atoms with E-state index in [1.54, 1.807) is 35.7 Å². The largest absolute Gasteiger partial charge is 0.508 e. The molecule has 0 saturated heterocycles. The molecule has 2 N–H and O–H groups in total. The molecule has 22 heavy (non-hydrogen) atoms. The Kier molecular flexibility index (Phi) is 9.13. The minimum atomic E-state index is 0.343. The third-order valence-corrected chi connectivity index (χ3v) is 4.93. The van der Waals surface area contributed by atoms with Gasteiger partial charge in [-0.25, -0.2) is 0 Å². The number of allylic oxidation sites excluding steroid dienone is 2. The second-order valence-electron chi connectivity index (χ2n) is 4.86. The highest BCUT2D eigenvalue weighted by Gasteiger charge is 2.02. The number of thioether (sulfide) groups is 2. The first-order valence-corrected chi connectivity index (χ1v) is 9.66. The SMILES string of the molecule is C=C/C(=C\C(O)=C(/C)CCNCc1ccccc1SC)SC. The number of benzene rings is 1. The molecule has 4 heteroatoms. The normalized spacial score (nSPS) is 13.0. The lowest BCUT2D eigenvalue weighted by atomic mass is 10.1. The first kappa shape index (κ1) is 18.9. The van der Waals surface area contributed by atoms with Gasteiger partial charge in [0.25, 0.3) is 0 Å². The first-order chi connectivity index (χ1) is 10.6. The van der Waals surface area contributed by atoms with Crippen molar-refractivity contribution >= 4 is 23.5 Å². The number of nitrogens with one attached hydrogen (secondary N) is 1. The van der Waals surface area contributed by atoms with Gasteiger partial charge in [-0.2, -0.15) is 0 Å². The lowest BCUT2D eigenvalue weighted by Gasteiger charge is -2.09. The van der Waals surface area contributed by atoms with Gasteiger partial charge in [0.05, 0.1) is 0 Å². The van der Waals surface area contributed by atoms with E-state index < -0.39 is 0 Å². The minimum absolute atomic E-state index is 0.343. The summed E-state index contributed by atoms with van der Waals surface area (Å²) in [7, 11) is 0. The molecule has 0 aliphatic carbocycles. The van der Waals surface area contributed by atoms with Crippen LogP contribution in [0, 0.1) is 0 Å². The fraction of sp³-hybridized carbons (Fsp3) is 0.333. The molecule has 0 unspecified atom stereocenters. The van der Waals surface area contributed by atoms with Gasteiger partial charge in [0.2, 0.25) is 0 Å². The fourth-order valence-electron chi connectivity index (χ4n) is 1.94. The van der Waals surface area contributed by atoms with E-state index in [9.17, 15) is 5.11 Å². The average Bonchev–Trinajstić information content (AvgIpc) is 2.56. The van der Waals surface area contributed by atoms with Crippen molar-refractivity contribution in [1.82, 2.24) is 5.32 Å². The highest BCUT2D eigenvalue weighted by Crippen LogP contribution is 2.20. The van der Waals surface area contributed by atoms with Crippen LogP contribution in [0.2, 0.25) is 0 Å². The summed E-state index contributed by atoms with van der Waals surface area (Å²) < 4.78 is 0. The van der Waals surface area contributed by atoms with E-state index in [1.165, 1.54) is 10.5 Å². The lowest BCUT2D eigenvalue weighted by molar-refractivity contribution is 0.421. The smallest absolute Gasteiger partial charge is 0.115 e. The Morgan fingerprint density at radius 2 is 2.05 bits per heavy atom. The Bertz CT molecular complexity index is 550. The number of rotatable bonds is 9. The van der Waals surface area contributed by atoms with Crippen molar-refractivity contribution in [1.29, 1.82) is 0 Å². The van der Waals surface area contributed by atoms with Crippen LogP contribution >= 0.6 is 23.5 Å². The van der Waals surface area contributed by atoms with Crippen molar-refractivity contribution in [2.75, 3.05) is 19.1 Å². The van der Waals surface area contributed by atoms with Crippen LogP contribution in [0.4, 0.5) is 0 Å².